The Morgan fingerprint density at radius 1 is 1.33 bits per heavy atom. The van der Waals surface area contributed by atoms with Gasteiger partial charge in [-0.05, 0) is 18.1 Å². The number of hydrogen-bond acceptors (Lipinski definition) is 4. The van der Waals surface area contributed by atoms with Crippen LogP contribution in [0.5, 0.6) is 0 Å². The Morgan fingerprint density at radius 2 is 2.10 bits per heavy atom. The Labute approximate surface area is 130 Å². The van der Waals surface area contributed by atoms with E-state index in [1.54, 1.807) is 11.3 Å². The van der Waals surface area contributed by atoms with Crippen molar-refractivity contribution in [3.8, 4) is 0 Å². The SMILES string of the molecule is CC(C)(C)c1csc(CN2CC(N)Cc3ccccc32)n1. The summed E-state index contributed by atoms with van der Waals surface area (Å²) >= 11 is 1.75. The first-order chi connectivity index (χ1) is 9.93. The third-order valence-corrected chi connectivity index (χ3v) is 4.75. The molecule has 1 atom stereocenters. The summed E-state index contributed by atoms with van der Waals surface area (Å²) in [7, 11) is 0. The van der Waals surface area contributed by atoms with Gasteiger partial charge in [-0.3, -0.25) is 0 Å². The molecule has 21 heavy (non-hydrogen) atoms. The summed E-state index contributed by atoms with van der Waals surface area (Å²) in [4.78, 5) is 7.18. The Hall–Kier alpha value is -1.39. The van der Waals surface area contributed by atoms with Crippen LogP contribution in [0, 0.1) is 0 Å². The van der Waals surface area contributed by atoms with E-state index in [4.69, 9.17) is 10.7 Å². The fourth-order valence-electron chi connectivity index (χ4n) is 2.76. The molecule has 2 N–H and O–H groups in total. The topological polar surface area (TPSA) is 42.1 Å². The largest absolute Gasteiger partial charge is 0.363 e. The second kappa shape index (κ2) is 5.43. The predicted molar refractivity (Wildman–Crippen MR) is 90.0 cm³/mol. The highest BCUT2D eigenvalue weighted by Crippen LogP contribution is 2.30. The van der Waals surface area contributed by atoms with Crippen LogP contribution < -0.4 is 10.6 Å². The minimum absolute atomic E-state index is 0.116. The van der Waals surface area contributed by atoms with Gasteiger partial charge < -0.3 is 10.6 Å². The third kappa shape index (κ3) is 3.11. The van der Waals surface area contributed by atoms with E-state index in [9.17, 15) is 0 Å². The zero-order valence-corrected chi connectivity index (χ0v) is 13.8. The fraction of sp³-hybridized carbons (Fsp3) is 0.471. The van der Waals surface area contributed by atoms with Crippen molar-refractivity contribution >= 4 is 17.0 Å². The number of hydrogen-bond donors (Lipinski definition) is 1. The monoisotopic (exact) mass is 301 g/mol. The van der Waals surface area contributed by atoms with Crippen LogP contribution >= 0.6 is 11.3 Å². The van der Waals surface area contributed by atoms with Crippen molar-refractivity contribution in [1.82, 2.24) is 4.98 Å². The van der Waals surface area contributed by atoms with Crippen molar-refractivity contribution in [2.75, 3.05) is 11.4 Å². The van der Waals surface area contributed by atoms with E-state index < -0.39 is 0 Å². The van der Waals surface area contributed by atoms with Crippen LogP contribution in [-0.2, 0) is 18.4 Å². The van der Waals surface area contributed by atoms with Gasteiger partial charge in [-0.2, -0.15) is 0 Å². The number of fused-ring (bicyclic) bond motifs is 1. The Balaban J connectivity index is 1.83. The quantitative estimate of drug-likeness (QED) is 0.925. The molecule has 1 aromatic heterocycles. The van der Waals surface area contributed by atoms with Crippen LogP contribution in [0.3, 0.4) is 0 Å². The van der Waals surface area contributed by atoms with Crippen LogP contribution in [0.4, 0.5) is 5.69 Å². The van der Waals surface area contributed by atoms with Crippen molar-refractivity contribution < 1.29 is 0 Å². The summed E-state index contributed by atoms with van der Waals surface area (Å²) in [6.07, 6.45) is 0.970. The molecule has 1 unspecified atom stereocenters. The number of nitrogens with zero attached hydrogens (tertiary/aromatic N) is 2. The number of anilines is 1. The molecule has 0 amide bonds. The van der Waals surface area contributed by atoms with Gasteiger partial charge >= 0.3 is 0 Å². The van der Waals surface area contributed by atoms with Gasteiger partial charge in [-0.25, -0.2) is 4.98 Å². The summed E-state index contributed by atoms with van der Waals surface area (Å²) in [5, 5.41) is 3.36. The maximum atomic E-state index is 6.21. The van der Waals surface area contributed by atoms with Gasteiger partial charge in [0, 0.05) is 29.1 Å². The summed E-state index contributed by atoms with van der Waals surface area (Å²) in [5.74, 6) is 0. The lowest BCUT2D eigenvalue weighted by atomic mass is 9.93. The molecule has 1 aliphatic rings. The van der Waals surface area contributed by atoms with Crippen LogP contribution in [0.1, 0.15) is 37.0 Å². The molecule has 0 saturated heterocycles. The van der Waals surface area contributed by atoms with Gasteiger partial charge in [0.05, 0.1) is 12.2 Å². The first-order valence-corrected chi connectivity index (χ1v) is 8.35. The lowest BCUT2D eigenvalue weighted by molar-refractivity contribution is 0.566. The second-order valence-corrected chi connectivity index (χ2v) is 7.79. The molecule has 1 aliphatic heterocycles. The van der Waals surface area contributed by atoms with E-state index in [2.05, 4.69) is 55.3 Å². The first-order valence-electron chi connectivity index (χ1n) is 7.47. The lowest BCUT2D eigenvalue weighted by Crippen LogP contribution is -2.42. The first kappa shape index (κ1) is 14.5. The van der Waals surface area contributed by atoms with Gasteiger partial charge in [-0.15, -0.1) is 11.3 Å². The highest BCUT2D eigenvalue weighted by Gasteiger charge is 2.23. The molecular formula is C17H23N3S. The van der Waals surface area contributed by atoms with E-state index in [0.717, 1.165) is 19.5 Å². The highest BCUT2D eigenvalue weighted by atomic mass is 32.1. The van der Waals surface area contributed by atoms with E-state index in [1.807, 2.05) is 0 Å². The molecule has 0 radical (unpaired) electrons. The molecule has 2 heterocycles. The van der Waals surface area contributed by atoms with Crippen molar-refractivity contribution in [2.24, 2.45) is 5.73 Å². The zero-order valence-electron chi connectivity index (χ0n) is 13.0. The molecule has 0 aliphatic carbocycles. The van der Waals surface area contributed by atoms with E-state index in [-0.39, 0.29) is 11.5 Å². The van der Waals surface area contributed by atoms with Crippen molar-refractivity contribution in [2.45, 2.75) is 45.2 Å². The molecule has 112 valence electrons. The van der Waals surface area contributed by atoms with Gasteiger partial charge in [0.25, 0.3) is 0 Å². The smallest absolute Gasteiger partial charge is 0.112 e. The number of aromatic nitrogens is 1. The van der Waals surface area contributed by atoms with Crippen LogP contribution in [0.25, 0.3) is 0 Å². The normalized spacial score (nSPS) is 18.7. The average molecular weight is 301 g/mol. The number of thiazole rings is 1. The van der Waals surface area contributed by atoms with E-state index in [1.165, 1.54) is 22.0 Å². The summed E-state index contributed by atoms with van der Waals surface area (Å²) in [6.45, 7) is 8.38. The molecule has 3 nitrogen and oxygen atoms in total. The molecular weight excluding hydrogens is 278 g/mol. The zero-order chi connectivity index (χ0) is 15.0. The third-order valence-electron chi connectivity index (χ3n) is 3.92. The lowest BCUT2D eigenvalue weighted by Gasteiger charge is -2.34. The standard InChI is InChI=1S/C17H23N3S/c1-17(2,3)15-11-21-16(19-15)10-20-9-13(18)8-12-6-4-5-7-14(12)20/h4-7,11,13H,8-10,18H2,1-3H3. The fourth-order valence-corrected chi connectivity index (χ4v) is 3.80. The maximum Gasteiger partial charge on any atom is 0.112 e. The minimum Gasteiger partial charge on any atom is -0.363 e. The maximum absolute atomic E-state index is 6.21. The Morgan fingerprint density at radius 3 is 2.81 bits per heavy atom. The molecule has 0 saturated carbocycles. The Bertz CT molecular complexity index is 627. The van der Waals surface area contributed by atoms with Crippen molar-refractivity contribution in [3.63, 3.8) is 0 Å². The number of para-hydroxylation sites is 1. The second-order valence-electron chi connectivity index (χ2n) is 6.85. The minimum atomic E-state index is 0.116. The number of benzene rings is 1. The van der Waals surface area contributed by atoms with Crippen LogP contribution in [0.15, 0.2) is 29.6 Å². The number of nitrogens with two attached hydrogens (primary N) is 1. The van der Waals surface area contributed by atoms with E-state index >= 15 is 0 Å². The highest BCUT2D eigenvalue weighted by molar-refractivity contribution is 7.09. The molecule has 0 bridgehead atoms. The summed E-state index contributed by atoms with van der Waals surface area (Å²) < 4.78 is 0. The van der Waals surface area contributed by atoms with Gasteiger partial charge in [0.1, 0.15) is 5.01 Å². The molecule has 4 heteroatoms. The average Bonchev–Trinajstić information content (AvgIpc) is 2.87. The van der Waals surface area contributed by atoms with Crippen molar-refractivity contribution in [1.29, 1.82) is 0 Å². The summed E-state index contributed by atoms with van der Waals surface area (Å²) in [5.41, 5.74) is 10.2. The predicted octanol–water partition coefficient (Wildman–Crippen LogP) is 3.33. The molecule has 1 aromatic carbocycles. The molecule has 0 fully saturated rings. The summed E-state index contributed by atoms with van der Waals surface area (Å²) in [6, 6.07) is 8.78. The van der Waals surface area contributed by atoms with Crippen LogP contribution in [-0.4, -0.2) is 17.6 Å². The van der Waals surface area contributed by atoms with E-state index in [0.29, 0.717) is 0 Å². The molecule has 3 rings (SSSR count). The Kier molecular flexibility index (Phi) is 3.76. The molecule has 2 aromatic rings. The van der Waals surface area contributed by atoms with Gasteiger partial charge in [-0.1, -0.05) is 39.0 Å². The van der Waals surface area contributed by atoms with Crippen LogP contribution in [0.2, 0.25) is 0 Å². The van der Waals surface area contributed by atoms with Crippen molar-refractivity contribution in [3.05, 3.63) is 45.9 Å². The molecule has 0 spiro atoms. The van der Waals surface area contributed by atoms with Gasteiger partial charge in [0.15, 0.2) is 0 Å². The van der Waals surface area contributed by atoms with Gasteiger partial charge in [0.2, 0.25) is 0 Å². The number of rotatable bonds is 2.